The molecule has 0 aromatic heterocycles. The van der Waals surface area contributed by atoms with Crippen molar-refractivity contribution in [1.82, 2.24) is 9.21 Å². The Morgan fingerprint density at radius 2 is 1.66 bits per heavy atom. The van der Waals surface area contributed by atoms with Crippen molar-refractivity contribution in [2.75, 3.05) is 31.5 Å². The number of non-ortho nitro benzene ring substituents is 1. The Labute approximate surface area is 188 Å². The summed E-state index contributed by atoms with van der Waals surface area (Å²) in [6.07, 6.45) is 0. The average molecular weight is 461 g/mol. The van der Waals surface area contributed by atoms with Crippen LogP contribution in [0.2, 0.25) is 0 Å². The third-order valence-electron chi connectivity index (χ3n) is 5.85. The molecule has 2 aromatic carbocycles. The van der Waals surface area contributed by atoms with E-state index in [9.17, 15) is 23.3 Å². The molecule has 0 bridgehead atoms. The summed E-state index contributed by atoms with van der Waals surface area (Å²) in [4.78, 5) is 25.1. The van der Waals surface area contributed by atoms with E-state index in [1.807, 2.05) is 36.9 Å². The van der Waals surface area contributed by atoms with E-state index in [2.05, 4.69) is 5.32 Å². The van der Waals surface area contributed by atoms with Gasteiger partial charge in [0.15, 0.2) is 0 Å². The molecule has 1 fully saturated rings. The summed E-state index contributed by atoms with van der Waals surface area (Å²) >= 11 is 0. The van der Waals surface area contributed by atoms with Gasteiger partial charge in [-0.2, -0.15) is 4.31 Å². The normalized spacial score (nSPS) is 16.5. The first-order valence-electron chi connectivity index (χ1n) is 10.4. The maximum atomic E-state index is 13.1. The van der Waals surface area contributed by atoms with Crippen LogP contribution in [-0.2, 0) is 14.8 Å². The number of aryl methyl sites for hydroxylation is 3. The van der Waals surface area contributed by atoms with Crippen LogP contribution in [0.1, 0.15) is 23.6 Å². The zero-order valence-corrected chi connectivity index (χ0v) is 19.5. The molecule has 2 aromatic rings. The molecule has 1 atom stereocenters. The fourth-order valence-corrected chi connectivity index (χ4v) is 5.39. The number of benzene rings is 2. The van der Waals surface area contributed by atoms with Gasteiger partial charge in [-0.15, -0.1) is 0 Å². The lowest BCUT2D eigenvalue weighted by Crippen LogP contribution is -2.54. The summed E-state index contributed by atoms with van der Waals surface area (Å²) in [6, 6.07) is 9.28. The molecular weight excluding hydrogens is 432 g/mol. The minimum absolute atomic E-state index is 0.0548. The highest BCUT2D eigenvalue weighted by molar-refractivity contribution is 7.89. The van der Waals surface area contributed by atoms with Gasteiger partial charge in [0.05, 0.1) is 15.9 Å². The van der Waals surface area contributed by atoms with Crippen LogP contribution in [0.25, 0.3) is 0 Å². The molecule has 3 rings (SSSR count). The minimum atomic E-state index is -3.88. The predicted molar refractivity (Wildman–Crippen MR) is 122 cm³/mol. The van der Waals surface area contributed by atoms with E-state index in [1.54, 1.807) is 13.8 Å². The maximum absolute atomic E-state index is 13.1. The number of nitro groups is 1. The highest BCUT2D eigenvalue weighted by atomic mass is 32.2. The van der Waals surface area contributed by atoms with Crippen LogP contribution in [0.15, 0.2) is 41.3 Å². The zero-order chi connectivity index (χ0) is 23.6. The molecule has 10 heteroatoms. The summed E-state index contributed by atoms with van der Waals surface area (Å²) in [5.41, 5.74) is 2.99. The first kappa shape index (κ1) is 23.8. The van der Waals surface area contributed by atoms with Gasteiger partial charge in [-0.1, -0.05) is 18.2 Å². The highest BCUT2D eigenvalue weighted by Crippen LogP contribution is 2.26. The lowest BCUT2D eigenvalue weighted by Gasteiger charge is -2.37. The zero-order valence-electron chi connectivity index (χ0n) is 18.7. The van der Waals surface area contributed by atoms with Gasteiger partial charge in [0.2, 0.25) is 15.9 Å². The van der Waals surface area contributed by atoms with Crippen LogP contribution in [0.5, 0.6) is 0 Å². The Morgan fingerprint density at radius 1 is 1.03 bits per heavy atom. The molecule has 1 aliphatic heterocycles. The summed E-state index contributed by atoms with van der Waals surface area (Å²) in [5, 5.41) is 14.0. The molecule has 0 aliphatic carbocycles. The number of sulfonamides is 1. The van der Waals surface area contributed by atoms with Crippen LogP contribution in [-0.4, -0.2) is 60.7 Å². The van der Waals surface area contributed by atoms with Crippen molar-refractivity contribution in [1.29, 1.82) is 0 Å². The molecule has 32 heavy (non-hydrogen) atoms. The van der Waals surface area contributed by atoms with Crippen LogP contribution in [0.4, 0.5) is 11.4 Å². The summed E-state index contributed by atoms with van der Waals surface area (Å²) < 4.78 is 27.5. The van der Waals surface area contributed by atoms with Gasteiger partial charge in [-0.25, -0.2) is 8.42 Å². The van der Waals surface area contributed by atoms with E-state index in [0.717, 1.165) is 22.9 Å². The van der Waals surface area contributed by atoms with E-state index in [1.165, 1.54) is 16.4 Å². The molecular formula is C22H28N4O5S. The van der Waals surface area contributed by atoms with E-state index < -0.39 is 21.0 Å². The molecule has 1 saturated heterocycles. The van der Waals surface area contributed by atoms with Crippen molar-refractivity contribution < 1.29 is 18.1 Å². The van der Waals surface area contributed by atoms with E-state index in [4.69, 9.17) is 0 Å². The van der Waals surface area contributed by atoms with Crippen molar-refractivity contribution in [3.05, 3.63) is 63.2 Å². The van der Waals surface area contributed by atoms with Crippen LogP contribution >= 0.6 is 0 Å². The first-order chi connectivity index (χ1) is 15.0. The molecule has 1 heterocycles. The molecule has 0 radical (unpaired) electrons. The molecule has 1 unspecified atom stereocenters. The minimum Gasteiger partial charge on any atom is -0.324 e. The molecule has 1 aliphatic rings. The van der Waals surface area contributed by atoms with Crippen molar-refractivity contribution in [3.8, 4) is 0 Å². The SMILES string of the molecule is Cc1ccc(C)c(NC(=O)C(C)N2CCN(S(=O)(=O)c3cc([N+](=O)[O-])ccc3C)CC2)c1. The third kappa shape index (κ3) is 4.98. The lowest BCUT2D eigenvalue weighted by molar-refractivity contribution is -0.385. The second-order valence-corrected chi connectivity index (χ2v) is 10.0. The number of hydrogen-bond donors (Lipinski definition) is 1. The van der Waals surface area contributed by atoms with E-state index in [0.29, 0.717) is 18.7 Å². The number of rotatable bonds is 6. The van der Waals surface area contributed by atoms with Gasteiger partial charge in [0, 0.05) is 44.0 Å². The Bertz CT molecular complexity index is 1140. The number of anilines is 1. The second-order valence-electron chi connectivity index (χ2n) is 8.13. The van der Waals surface area contributed by atoms with Gasteiger partial charge in [-0.05, 0) is 50.5 Å². The lowest BCUT2D eigenvalue weighted by atomic mass is 10.1. The highest BCUT2D eigenvalue weighted by Gasteiger charge is 2.33. The molecule has 0 spiro atoms. The maximum Gasteiger partial charge on any atom is 0.270 e. The molecule has 9 nitrogen and oxygen atoms in total. The number of hydrogen-bond acceptors (Lipinski definition) is 6. The molecule has 1 N–H and O–H groups in total. The largest absolute Gasteiger partial charge is 0.324 e. The monoisotopic (exact) mass is 460 g/mol. The summed E-state index contributed by atoms with van der Waals surface area (Å²) in [5.74, 6) is -0.149. The number of amides is 1. The van der Waals surface area contributed by atoms with Crippen LogP contribution in [0, 0.1) is 30.9 Å². The number of nitro benzene ring substituents is 1. The van der Waals surface area contributed by atoms with E-state index in [-0.39, 0.29) is 29.6 Å². The molecule has 172 valence electrons. The smallest absolute Gasteiger partial charge is 0.270 e. The fourth-order valence-electron chi connectivity index (χ4n) is 3.72. The number of nitrogens with one attached hydrogen (secondary N) is 1. The topological polar surface area (TPSA) is 113 Å². The van der Waals surface area contributed by atoms with Crippen molar-refractivity contribution in [2.45, 2.75) is 38.6 Å². The first-order valence-corrected chi connectivity index (χ1v) is 11.8. The van der Waals surface area contributed by atoms with Gasteiger partial charge < -0.3 is 5.32 Å². The van der Waals surface area contributed by atoms with Gasteiger partial charge in [0.25, 0.3) is 5.69 Å². The Balaban J connectivity index is 1.68. The Kier molecular flexibility index (Phi) is 6.97. The Hall–Kier alpha value is -2.82. The quantitative estimate of drug-likeness (QED) is 0.524. The predicted octanol–water partition coefficient (Wildman–Crippen LogP) is 2.85. The molecule has 1 amide bonds. The standard InChI is InChI=1S/C22H28N4O5S/c1-15-5-6-16(2)20(13-15)23-22(27)18(4)24-9-11-25(12-10-24)32(30,31)21-14-19(26(28)29)8-7-17(21)3/h5-8,13-14,18H,9-12H2,1-4H3,(H,23,27). The average Bonchev–Trinajstić information content (AvgIpc) is 2.75. The van der Waals surface area contributed by atoms with Crippen LogP contribution < -0.4 is 5.32 Å². The van der Waals surface area contributed by atoms with Gasteiger partial charge >= 0.3 is 0 Å². The summed E-state index contributed by atoms with van der Waals surface area (Å²) in [7, 11) is -3.88. The van der Waals surface area contributed by atoms with Crippen molar-refractivity contribution in [2.24, 2.45) is 0 Å². The van der Waals surface area contributed by atoms with Crippen LogP contribution in [0.3, 0.4) is 0 Å². The van der Waals surface area contributed by atoms with Crippen molar-refractivity contribution >= 4 is 27.3 Å². The number of carbonyl (C=O) groups is 1. The second kappa shape index (κ2) is 9.35. The Morgan fingerprint density at radius 3 is 2.28 bits per heavy atom. The van der Waals surface area contributed by atoms with Gasteiger partial charge in [0.1, 0.15) is 0 Å². The van der Waals surface area contributed by atoms with Gasteiger partial charge in [-0.3, -0.25) is 19.8 Å². The molecule has 0 saturated carbocycles. The summed E-state index contributed by atoms with van der Waals surface area (Å²) in [6.45, 7) is 8.47. The fraction of sp³-hybridized carbons (Fsp3) is 0.409. The number of piperazine rings is 1. The van der Waals surface area contributed by atoms with E-state index >= 15 is 0 Å². The van der Waals surface area contributed by atoms with Crippen molar-refractivity contribution in [3.63, 3.8) is 0 Å². The third-order valence-corrected chi connectivity index (χ3v) is 7.89. The number of carbonyl (C=O) groups excluding carboxylic acids is 1. The number of nitrogens with zero attached hydrogens (tertiary/aromatic N) is 3.